The largest absolute Gasteiger partial charge is 0.497 e. The van der Waals surface area contributed by atoms with E-state index in [1.807, 2.05) is 29.2 Å². The lowest BCUT2D eigenvalue weighted by molar-refractivity contribution is 0.0752. The van der Waals surface area contributed by atoms with Gasteiger partial charge in [-0.15, -0.1) is 0 Å². The maximum absolute atomic E-state index is 13.6. The fraction of sp³-hybridized carbons (Fsp3) is 0.444. The molecule has 1 heterocycles. The highest BCUT2D eigenvalue weighted by Gasteiger charge is 2.27. The lowest BCUT2D eigenvalue weighted by Gasteiger charge is -2.31. The van der Waals surface area contributed by atoms with E-state index in [1.54, 1.807) is 31.4 Å². The number of carbonyl (C=O) groups excluding carboxylic acids is 2. The highest BCUT2D eigenvalue weighted by molar-refractivity contribution is 5.99. The minimum Gasteiger partial charge on any atom is -0.497 e. The molecule has 0 saturated carbocycles. The van der Waals surface area contributed by atoms with E-state index in [-0.39, 0.29) is 18.4 Å². The van der Waals surface area contributed by atoms with E-state index in [0.717, 1.165) is 49.0 Å². The average Bonchev–Trinajstić information content (AvgIpc) is 3.02. The van der Waals surface area contributed by atoms with Gasteiger partial charge in [-0.25, -0.2) is 0 Å². The predicted octanol–water partition coefficient (Wildman–Crippen LogP) is 5.50. The number of amides is 2. The van der Waals surface area contributed by atoms with Gasteiger partial charge in [-0.1, -0.05) is 55.8 Å². The van der Waals surface area contributed by atoms with Gasteiger partial charge in [0.25, 0.3) is 11.8 Å². The molecule has 3 aromatic rings. The molecular formula is C36H47N3O4. The molecule has 0 unspecified atom stereocenters. The summed E-state index contributed by atoms with van der Waals surface area (Å²) in [7, 11) is 1.64. The molecule has 0 spiro atoms. The van der Waals surface area contributed by atoms with Crippen molar-refractivity contribution in [3.05, 3.63) is 101 Å². The molecule has 2 amide bonds. The molecular weight excluding hydrogens is 538 g/mol. The van der Waals surface area contributed by atoms with Gasteiger partial charge in [0.2, 0.25) is 0 Å². The van der Waals surface area contributed by atoms with Gasteiger partial charge in [0.15, 0.2) is 0 Å². The molecule has 3 N–H and O–H groups in total. The van der Waals surface area contributed by atoms with Crippen molar-refractivity contribution in [2.45, 2.75) is 77.0 Å². The predicted molar refractivity (Wildman–Crippen MR) is 172 cm³/mol. The van der Waals surface area contributed by atoms with Gasteiger partial charge in [0, 0.05) is 36.3 Å². The van der Waals surface area contributed by atoms with Crippen LogP contribution in [0.25, 0.3) is 0 Å². The number of rotatable bonds is 8. The smallest absolute Gasteiger partial charge is 0.253 e. The molecule has 2 atom stereocenters. The van der Waals surface area contributed by atoms with Crippen LogP contribution in [0.5, 0.6) is 5.75 Å². The minimum absolute atomic E-state index is 0.0481. The molecule has 0 saturated heterocycles. The van der Waals surface area contributed by atoms with Crippen molar-refractivity contribution < 1.29 is 19.4 Å². The third kappa shape index (κ3) is 8.91. The number of aryl methyl sites for hydroxylation is 1. The summed E-state index contributed by atoms with van der Waals surface area (Å²) < 4.78 is 5.40. The van der Waals surface area contributed by atoms with Crippen molar-refractivity contribution in [1.29, 1.82) is 0 Å². The molecule has 0 radical (unpaired) electrons. The second-order valence-corrected chi connectivity index (χ2v) is 12.1. The summed E-state index contributed by atoms with van der Waals surface area (Å²) in [6, 6.07) is 22.7. The summed E-state index contributed by atoms with van der Waals surface area (Å²) in [6.45, 7) is 7.84. The van der Waals surface area contributed by atoms with E-state index in [1.165, 1.54) is 5.56 Å². The van der Waals surface area contributed by atoms with Crippen molar-refractivity contribution >= 4 is 11.8 Å². The van der Waals surface area contributed by atoms with E-state index >= 15 is 0 Å². The zero-order valence-corrected chi connectivity index (χ0v) is 26.1. The van der Waals surface area contributed by atoms with Crippen LogP contribution >= 0.6 is 0 Å². The minimum atomic E-state index is -0.871. The Balaban J connectivity index is 1.59. The molecule has 4 rings (SSSR count). The van der Waals surface area contributed by atoms with Crippen molar-refractivity contribution in [3.8, 4) is 5.75 Å². The number of aliphatic hydroxyl groups is 1. The third-order valence-corrected chi connectivity index (χ3v) is 8.32. The molecule has 3 aromatic carbocycles. The summed E-state index contributed by atoms with van der Waals surface area (Å²) in [4.78, 5) is 28.9. The summed E-state index contributed by atoms with van der Waals surface area (Å²) in [5.74, 6) is 0.410. The first-order valence-corrected chi connectivity index (χ1v) is 15.6. The Morgan fingerprint density at radius 3 is 2.51 bits per heavy atom. The van der Waals surface area contributed by atoms with Crippen LogP contribution in [0.2, 0.25) is 0 Å². The van der Waals surface area contributed by atoms with Crippen LogP contribution in [0.4, 0.5) is 0 Å². The zero-order chi connectivity index (χ0) is 30.8. The average molecular weight is 586 g/mol. The summed E-state index contributed by atoms with van der Waals surface area (Å²) in [6.07, 6.45) is 4.45. The maximum Gasteiger partial charge on any atom is 0.253 e. The second-order valence-electron chi connectivity index (χ2n) is 12.1. The highest BCUT2D eigenvalue weighted by Crippen LogP contribution is 2.24. The molecule has 0 aromatic heterocycles. The Kier molecular flexibility index (Phi) is 11.4. The lowest BCUT2D eigenvalue weighted by Crippen LogP contribution is -2.51. The van der Waals surface area contributed by atoms with Crippen LogP contribution in [0, 0.1) is 0 Å². The van der Waals surface area contributed by atoms with Gasteiger partial charge in [0.1, 0.15) is 5.75 Å². The monoisotopic (exact) mass is 585 g/mol. The normalized spacial score (nSPS) is 17.6. The number of ether oxygens (including phenoxy) is 1. The van der Waals surface area contributed by atoms with E-state index in [2.05, 4.69) is 55.7 Å². The quantitative estimate of drug-likeness (QED) is 0.325. The number of nitrogens with one attached hydrogen (secondary N) is 2. The molecule has 0 aliphatic carbocycles. The van der Waals surface area contributed by atoms with Crippen molar-refractivity contribution in [2.75, 3.05) is 26.7 Å². The fourth-order valence-electron chi connectivity index (χ4n) is 5.69. The van der Waals surface area contributed by atoms with Crippen LogP contribution < -0.4 is 15.4 Å². The topological polar surface area (TPSA) is 90.9 Å². The zero-order valence-electron chi connectivity index (χ0n) is 26.1. The standard InChI is InChI=1S/C36H47N3O4/c1-5-19-39-20-8-6-7-12-26-13-9-14-27(21-26)22-32(38-34(41)28-15-10-16-29(23-28)35(39)42)33(40)25-37-36(2,3)30-17-11-18-31(24-30)43-4/h9-11,13-18,21,23-24,32-33,37,40H,5-8,12,19-20,22,25H2,1-4H3,(H,38,41)/t32-,33-/m0/s1. The molecule has 43 heavy (non-hydrogen) atoms. The van der Waals surface area contributed by atoms with Crippen LogP contribution in [0.3, 0.4) is 0 Å². The molecule has 7 nitrogen and oxygen atoms in total. The fourth-order valence-corrected chi connectivity index (χ4v) is 5.69. The molecule has 4 bridgehead atoms. The molecule has 230 valence electrons. The maximum atomic E-state index is 13.6. The van der Waals surface area contributed by atoms with Crippen LogP contribution in [-0.4, -0.2) is 60.7 Å². The van der Waals surface area contributed by atoms with Gasteiger partial charge < -0.3 is 25.4 Å². The van der Waals surface area contributed by atoms with Crippen molar-refractivity contribution in [1.82, 2.24) is 15.5 Å². The van der Waals surface area contributed by atoms with Gasteiger partial charge >= 0.3 is 0 Å². The highest BCUT2D eigenvalue weighted by atomic mass is 16.5. The van der Waals surface area contributed by atoms with Crippen LogP contribution in [0.1, 0.15) is 83.9 Å². The number of carbonyl (C=O) groups is 2. The van der Waals surface area contributed by atoms with Gasteiger partial charge in [0.05, 0.1) is 19.3 Å². The van der Waals surface area contributed by atoms with Crippen molar-refractivity contribution in [2.24, 2.45) is 0 Å². The number of methoxy groups -OCH3 is 1. The molecule has 1 aliphatic rings. The Bertz CT molecular complexity index is 1370. The Morgan fingerprint density at radius 2 is 1.72 bits per heavy atom. The van der Waals surface area contributed by atoms with E-state index in [9.17, 15) is 14.7 Å². The van der Waals surface area contributed by atoms with Crippen LogP contribution in [-0.2, 0) is 18.4 Å². The summed E-state index contributed by atoms with van der Waals surface area (Å²) in [5.41, 5.74) is 3.81. The third-order valence-electron chi connectivity index (χ3n) is 8.32. The Hall–Kier alpha value is -3.68. The van der Waals surface area contributed by atoms with Gasteiger partial charge in [-0.05, 0) is 93.0 Å². The molecule has 7 heteroatoms. The van der Waals surface area contributed by atoms with E-state index < -0.39 is 17.7 Å². The number of fused-ring (bicyclic) bond motifs is 4. The number of hydrogen-bond donors (Lipinski definition) is 3. The van der Waals surface area contributed by atoms with Gasteiger partial charge in [-0.2, -0.15) is 0 Å². The molecule has 1 aliphatic heterocycles. The van der Waals surface area contributed by atoms with Crippen LogP contribution in [0.15, 0.2) is 72.8 Å². The second kappa shape index (κ2) is 15.2. The molecule has 0 fully saturated rings. The number of hydrogen-bond acceptors (Lipinski definition) is 5. The Morgan fingerprint density at radius 1 is 0.977 bits per heavy atom. The van der Waals surface area contributed by atoms with Gasteiger partial charge in [-0.3, -0.25) is 9.59 Å². The first kappa shape index (κ1) is 32.2. The number of aliphatic hydroxyl groups excluding tert-OH is 1. The lowest BCUT2D eigenvalue weighted by atomic mass is 9.92. The SMILES string of the molecule is CCCN1CCCCCc2cccc(c2)C[C@@H]([C@@H](O)CNC(C)(C)c2cccc(OC)c2)NC(=O)c2cccc(c2)C1=O. The number of benzene rings is 3. The van der Waals surface area contributed by atoms with Crippen molar-refractivity contribution in [3.63, 3.8) is 0 Å². The number of nitrogens with zero attached hydrogens (tertiary/aromatic N) is 1. The summed E-state index contributed by atoms with van der Waals surface area (Å²) in [5, 5.41) is 18.1. The first-order valence-electron chi connectivity index (χ1n) is 15.6. The summed E-state index contributed by atoms with van der Waals surface area (Å²) >= 11 is 0. The first-order chi connectivity index (χ1) is 20.7. The van der Waals surface area contributed by atoms with E-state index in [4.69, 9.17) is 4.74 Å². The van der Waals surface area contributed by atoms with E-state index in [0.29, 0.717) is 30.6 Å². The Labute approximate surface area is 256 Å².